The summed E-state index contributed by atoms with van der Waals surface area (Å²) in [5.74, 6) is -0.684. The first-order valence-electron chi connectivity index (χ1n) is 3.93. The molecule has 86 valence electrons. The molecule has 0 radical (unpaired) electrons. The molecule has 0 saturated heterocycles. The highest BCUT2D eigenvalue weighted by Gasteiger charge is 2.18. The Balaban J connectivity index is 0.00000196. The normalized spacial score (nSPS) is 12.1. The average Bonchev–Trinajstić information content (AvgIpc) is 2.17. The van der Waals surface area contributed by atoms with E-state index < -0.39 is 18.3 Å². The molecule has 2 nitrogen and oxygen atoms in total. The number of methoxy groups -OCH3 is 1. The second kappa shape index (κ2) is 5.82. The van der Waals surface area contributed by atoms with Gasteiger partial charge in [0.1, 0.15) is 0 Å². The number of hydrogen-bond donors (Lipinski definition) is 1. The Labute approximate surface area is 91.6 Å². The monoisotopic (exact) mass is 241 g/mol. The summed E-state index contributed by atoms with van der Waals surface area (Å²) in [5, 5.41) is 0. The summed E-state index contributed by atoms with van der Waals surface area (Å²) in [6, 6.07) is 2.03. The van der Waals surface area contributed by atoms with Gasteiger partial charge >= 0.3 is 0 Å². The van der Waals surface area contributed by atoms with Crippen LogP contribution in [0.1, 0.15) is 11.6 Å². The van der Waals surface area contributed by atoms with Gasteiger partial charge in [0, 0.05) is 0 Å². The molecule has 0 aliphatic heterocycles. The maximum Gasteiger partial charge on any atom is 0.257 e. The molecule has 0 unspecified atom stereocenters. The van der Waals surface area contributed by atoms with Crippen molar-refractivity contribution in [2.75, 3.05) is 7.11 Å². The smallest absolute Gasteiger partial charge is 0.257 e. The van der Waals surface area contributed by atoms with Crippen molar-refractivity contribution in [3.63, 3.8) is 0 Å². The van der Waals surface area contributed by atoms with Crippen LogP contribution in [0.5, 0.6) is 5.75 Å². The van der Waals surface area contributed by atoms with Crippen LogP contribution in [0, 0.1) is 5.82 Å². The summed E-state index contributed by atoms with van der Waals surface area (Å²) < 4.78 is 41.9. The maximum atomic E-state index is 12.9. The lowest BCUT2D eigenvalue weighted by Gasteiger charge is -2.12. The molecular formula is C9H11ClF3NO. The number of halogens is 4. The first kappa shape index (κ1) is 14.1. The molecule has 0 fully saturated rings. The van der Waals surface area contributed by atoms with Crippen molar-refractivity contribution < 1.29 is 17.9 Å². The molecule has 0 bridgehead atoms. The fourth-order valence-electron chi connectivity index (χ4n) is 1.03. The Bertz CT molecular complexity index is 322. The minimum Gasteiger partial charge on any atom is -0.494 e. The molecule has 0 spiro atoms. The first-order chi connectivity index (χ1) is 6.56. The Kier molecular flexibility index (Phi) is 5.46. The van der Waals surface area contributed by atoms with E-state index in [0.29, 0.717) is 0 Å². The highest BCUT2D eigenvalue weighted by atomic mass is 35.5. The number of ether oxygens (including phenoxy) is 1. The van der Waals surface area contributed by atoms with Crippen LogP contribution in [0.25, 0.3) is 0 Å². The van der Waals surface area contributed by atoms with E-state index in [1.807, 2.05) is 0 Å². The van der Waals surface area contributed by atoms with Crippen molar-refractivity contribution in [2.45, 2.75) is 12.5 Å². The summed E-state index contributed by atoms with van der Waals surface area (Å²) in [6.45, 7) is 0. The largest absolute Gasteiger partial charge is 0.494 e. The molecule has 1 aromatic carbocycles. The highest BCUT2D eigenvalue weighted by Crippen LogP contribution is 2.24. The Morgan fingerprint density at radius 1 is 1.33 bits per heavy atom. The van der Waals surface area contributed by atoms with Gasteiger partial charge in [-0.05, 0) is 17.7 Å². The molecule has 15 heavy (non-hydrogen) atoms. The van der Waals surface area contributed by atoms with E-state index in [2.05, 4.69) is 4.74 Å². The highest BCUT2D eigenvalue weighted by molar-refractivity contribution is 5.85. The summed E-state index contributed by atoms with van der Waals surface area (Å²) in [7, 11) is 1.26. The number of hydrogen-bond acceptors (Lipinski definition) is 2. The zero-order valence-corrected chi connectivity index (χ0v) is 8.73. The van der Waals surface area contributed by atoms with E-state index >= 15 is 0 Å². The van der Waals surface area contributed by atoms with Crippen molar-refractivity contribution in [1.29, 1.82) is 0 Å². The molecule has 0 amide bonds. The number of rotatable bonds is 3. The van der Waals surface area contributed by atoms with Crippen molar-refractivity contribution >= 4 is 12.4 Å². The summed E-state index contributed by atoms with van der Waals surface area (Å²) in [5.41, 5.74) is 5.33. The van der Waals surface area contributed by atoms with Crippen molar-refractivity contribution in [2.24, 2.45) is 5.73 Å². The molecule has 0 saturated carbocycles. The van der Waals surface area contributed by atoms with Crippen molar-refractivity contribution in [3.05, 3.63) is 29.6 Å². The van der Waals surface area contributed by atoms with E-state index in [1.165, 1.54) is 19.2 Å². The molecule has 0 aromatic heterocycles. The van der Waals surface area contributed by atoms with Gasteiger partial charge < -0.3 is 10.5 Å². The summed E-state index contributed by atoms with van der Waals surface area (Å²) in [4.78, 5) is 0. The molecular weight excluding hydrogens is 231 g/mol. The van der Waals surface area contributed by atoms with Crippen LogP contribution >= 0.6 is 12.4 Å². The van der Waals surface area contributed by atoms with Crippen LogP contribution in [0.2, 0.25) is 0 Å². The lowest BCUT2D eigenvalue weighted by molar-refractivity contribution is 0.116. The minimum atomic E-state index is -2.68. The molecule has 6 heteroatoms. The van der Waals surface area contributed by atoms with Crippen LogP contribution < -0.4 is 10.5 Å². The predicted octanol–water partition coefficient (Wildman–Crippen LogP) is 2.52. The maximum absolute atomic E-state index is 12.9. The van der Waals surface area contributed by atoms with Gasteiger partial charge in [0.2, 0.25) is 0 Å². The van der Waals surface area contributed by atoms with Crippen molar-refractivity contribution in [3.8, 4) is 5.75 Å². The van der Waals surface area contributed by atoms with Gasteiger partial charge in [0.15, 0.2) is 11.6 Å². The van der Waals surface area contributed by atoms with Crippen molar-refractivity contribution in [1.82, 2.24) is 0 Å². The zero-order chi connectivity index (χ0) is 10.7. The van der Waals surface area contributed by atoms with Gasteiger partial charge in [-0.1, -0.05) is 6.07 Å². The number of alkyl halides is 2. The van der Waals surface area contributed by atoms with Gasteiger partial charge in [-0.2, -0.15) is 0 Å². The molecule has 0 aliphatic rings. The standard InChI is InChI=1S/C9H10F3NO.ClH/c1-14-7-4-5(2-3-6(7)10)8(13)9(11)12;/h2-4,8-9H,13H2,1H3;1H/t8-;/m1./s1. The van der Waals surface area contributed by atoms with Crippen LogP contribution in [-0.2, 0) is 0 Å². The summed E-state index contributed by atoms with van der Waals surface area (Å²) >= 11 is 0. The Morgan fingerprint density at radius 3 is 2.40 bits per heavy atom. The van der Waals surface area contributed by atoms with E-state index in [0.717, 1.165) is 6.07 Å². The van der Waals surface area contributed by atoms with Crippen LogP contribution in [0.4, 0.5) is 13.2 Å². The zero-order valence-electron chi connectivity index (χ0n) is 7.91. The van der Waals surface area contributed by atoms with Gasteiger partial charge in [-0.25, -0.2) is 13.2 Å². The third-order valence-electron chi connectivity index (χ3n) is 1.83. The average molecular weight is 242 g/mol. The second-order valence-electron chi connectivity index (χ2n) is 2.75. The third kappa shape index (κ3) is 3.28. The molecule has 2 N–H and O–H groups in total. The van der Waals surface area contributed by atoms with E-state index in [9.17, 15) is 13.2 Å². The van der Waals surface area contributed by atoms with Gasteiger partial charge in [0.05, 0.1) is 13.2 Å². The Morgan fingerprint density at radius 2 is 1.93 bits per heavy atom. The topological polar surface area (TPSA) is 35.2 Å². The molecule has 0 aliphatic carbocycles. The number of benzene rings is 1. The predicted molar refractivity (Wildman–Crippen MR) is 53.1 cm³/mol. The molecule has 1 atom stereocenters. The van der Waals surface area contributed by atoms with Gasteiger partial charge in [0.25, 0.3) is 6.43 Å². The quantitative estimate of drug-likeness (QED) is 0.883. The van der Waals surface area contributed by atoms with E-state index in [4.69, 9.17) is 5.73 Å². The summed E-state index contributed by atoms with van der Waals surface area (Å²) in [6.07, 6.45) is -2.68. The lowest BCUT2D eigenvalue weighted by atomic mass is 10.1. The van der Waals surface area contributed by atoms with Crippen LogP contribution in [0.3, 0.4) is 0 Å². The first-order valence-corrected chi connectivity index (χ1v) is 3.93. The van der Waals surface area contributed by atoms with Gasteiger partial charge in [-0.15, -0.1) is 12.4 Å². The Hall–Kier alpha value is -0.940. The van der Waals surface area contributed by atoms with E-state index in [1.54, 1.807) is 0 Å². The fourth-order valence-corrected chi connectivity index (χ4v) is 1.03. The lowest BCUT2D eigenvalue weighted by Crippen LogP contribution is -2.18. The number of nitrogens with two attached hydrogens (primary N) is 1. The van der Waals surface area contributed by atoms with Crippen LogP contribution in [-0.4, -0.2) is 13.5 Å². The minimum absolute atomic E-state index is 0. The second-order valence-corrected chi connectivity index (χ2v) is 2.75. The molecule has 1 rings (SSSR count). The van der Waals surface area contributed by atoms with E-state index in [-0.39, 0.29) is 23.7 Å². The SMILES string of the molecule is COc1cc([C@@H](N)C(F)F)ccc1F.Cl. The third-order valence-corrected chi connectivity index (χ3v) is 1.83. The van der Waals surface area contributed by atoms with Crippen LogP contribution in [0.15, 0.2) is 18.2 Å². The molecule has 0 heterocycles. The molecule has 1 aromatic rings. The fraction of sp³-hybridized carbons (Fsp3) is 0.333. The van der Waals surface area contributed by atoms with Gasteiger partial charge in [-0.3, -0.25) is 0 Å².